The highest BCUT2D eigenvalue weighted by Gasteiger charge is 2.15. The number of nitrogens with zero attached hydrogens (tertiary/aromatic N) is 2. The van der Waals surface area contributed by atoms with Crippen molar-refractivity contribution < 1.29 is 4.52 Å². The van der Waals surface area contributed by atoms with Crippen molar-refractivity contribution in [3.8, 4) is 0 Å². The molecule has 0 amide bonds. The lowest BCUT2D eigenvalue weighted by atomic mass is 10.2. The first-order chi connectivity index (χ1) is 8.56. The van der Waals surface area contributed by atoms with Gasteiger partial charge in [0.1, 0.15) is 6.04 Å². The third-order valence-corrected chi connectivity index (χ3v) is 3.22. The molecule has 2 rings (SSSR count). The van der Waals surface area contributed by atoms with E-state index in [-0.39, 0.29) is 12.0 Å². The van der Waals surface area contributed by atoms with Gasteiger partial charge in [0.05, 0.1) is 0 Å². The summed E-state index contributed by atoms with van der Waals surface area (Å²) >= 11 is 2.29. The largest absolute Gasteiger partial charge is 0.374 e. The molecule has 1 heterocycles. The molecule has 1 aromatic carbocycles. The molecule has 0 saturated heterocycles. The zero-order chi connectivity index (χ0) is 13.1. The first-order valence-corrected chi connectivity index (χ1v) is 6.99. The molecule has 5 heteroatoms. The molecule has 0 aliphatic heterocycles. The second-order valence-electron chi connectivity index (χ2n) is 4.52. The van der Waals surface area contributed by atoms with Crippen LogP contribution in [0.2, 0.25) is 0 Å². The van der Waals surface area contributed by atoms with Crippen molar-refractivity contribution in [1.82, 2.24) is 10.1 Å². The van der Waals surface area contributed by atoms with Gasteiger partial charge < -0.3 is 9.84 Å². The maximum absolute atomic E-state index is 5.26. The SMILES string of the molecule is CC(C)c1noc(C(C)Nc2cccc(I)c2)n1. The van der Waals surface area contributed by atoms with E-state index in [1.807, 2.05) is 32.9 Å². The molecule has 96 valence electrons. The fourth-order valence-electron chi connectivity index (χ4n) is 1.55. The van der Waals surface area contributed by atoms with Crippen molar-refractivity contribution in [3.05, 3.63) is 39.6 Å². The maximum atomic E-state index is 5.26. The Bertz CT molecular complexity index is 524. The second kappa shape index (κ2) is 5.69. The molecule has 0 spiro atoms. The number of aromatic nitrogens is 2. The normalized spacial score (nSPS) is 12.7. The van der Waals surface area contributed by atoms with Gasteiger partial charge in [0.25, 0.3) is 0 Å². The van der Waals surface area contributed by atoms with E-state index in [0.29, 0.717) is 5.89 Å². The van der Waals surface area contributed by atoms with Gasteiger partial charge in [-0.15, -0.1) is 0 Å². The van der Waals surface area contributed by atoms with Crippen molar-refractivity contribution in [3.63, 3.8) is 0 Å². The minimum atomic E-state index is 0.00296. The van der Waals surface area contributed by atoms with Gasteiger partial charge in [-0.05, 0) is 47.7 Å². The molecule has 1 atom stereocenters. The molecule has 0 saturated carbocycles. The van der Waals surface area contributed by atoms with Gasteiger partial charge in [-0.1, -0.05) is 25.1 Å². The smallest absolute Gasteiger partial charge is 0.248 e. The van der Waals surface area contributed by atoms with Crippen LogP contribution in [0.15, 0.2) is 28.8 Å². The van der Waals surface area contributed by atoms with E-state index < -0.39 is 0 Å². The van der Waals surface area contributed by atoms with Crippen LogP contribution in [0, 0.1) is 3.57 Å². The van der Waals surface area contributed by atoms with Gasteiger partial charge >= 0.3 is 0 Å². The van der Waals surface area contributed by atoms with Gasteiger partial charge in [0.15, 0.2) is 5.82 Å². The van der Waals surface area contributed by atoms with E-state index in [9.17, 15) is 0 Å². The highest BCUT2D eigenvalue weighted by molar-refractivity contribution is 14.1. The third-order valence-electron chi connectivity index (χ3n) is 2.55. The lowest BCUT2D eigenvalue weighted by Gasteiger charge is -2.11. The molecule has 0 aliphatic rings. The molecule has 0 radical (unpaired) electrons. The first-order valence-electron chi connectivity index (χ1n) is 5.92. The molecule has 0 bridgehead atoms. The number of benzene rings is 1. The van der Waals surface area contributed by atoms with Crippen molar-refractivity contribution in [2.45, 2.75) is 32.7 Å². The number of nitrogens with one attached hydrogen (secondary N) is 1. The Hall–Kier alpha value is -1.11. The minimum absolute atomic E-state index is 0.00296. The molecule has 0 fully saturated rings. The van der Waals surface area contributed by atoms with Gasteiger partial charge in [0, 0.05) is 15.2 Å². The van der Waals surface area contributed by atoms with Crippen molar-refractivity contribution in [1.29, 1.82) is 0 Å². The predicted molar refractivity (Wildman–Crippen MR) is 79.6 cm³/mol. The standard InChI is InChI=1S/C13H16IN3O/c1-8(2)12-16-13(18-17-12)9(3)15-11-6-4-5-10(14)7-11/h4-9,15H,1-3H3. The molecule has 4 nitrogen and oxygen atoms in total. The van der Waals surface area contributed by atoms with Gasteiger partial charge in [0.2, 0.25) is 5.89 Å². The lowest BCUT2D eigenvalue weighted by molar-refractivity contribution is 0.361. The van der Waals surface area contributed by atoms with Crippen molar-refractivity contribution >= 4 is 28.3 Å². The van der Waals surface area contributed by atoms with Crippen LogP contribution in [-0.4, -0.2) is 10.1 Å². The van der Waals surface area contributed by atoms with Crippen LogP contribution in [0.4, 0.5) is 5.69 Å². The zero-order valence-electron chi connectivity index (χ0n) is 10.6. The lowest BCUT2D eigenvalue weighted by Crippen LogP contribution is -2.07. The van der Waals surface area contributed by atoms with Gasteiger partial charge in [-0.2, -0.15) is 4.98 Å². The summed E-state index contributed by atoms with van der Waals surface area (Å²) in [6, 6.07) is 8.18. The van der Waals surface area contributed by atoms with Gasteiger partial charge in [-0.25, -0.2) is 0 Å². The zero-order valence-corrected chi connectivity index (χ0v) is 12.8. The average molecular weight is 357 g/mol. The summed E-state index contributed by atoms with van der Waals surface area (Å²) in [5.74, 6) is 1.66. The number of rotatable bonds is 4. The van der Waals surface area contributed by atoms with E-state index >= 15 is 0 Å². The summed E-state index contributed by atoms with van der Waals surface area (Å²) in [4.78, 5) is 4.39. The number of anilines is 1. The fraction of sp³-hybridized carbons (Fsp3) is 0.385. The Morgan fingerprint density at radius 2 is 2.06 bits per heavy atom. The van der Waals surface area contributed by atoms with Crippen LogP contribution in [0.1, 0.15) is 44.4 Å². The molecular weight excluding hydrogens is 341 g/mol. The van der Waals surface area contributed by atoms with Crippen LogP contribution >= 0.6 is 22.6 Å². The van der Waals surface area contributed by atoms with Crippen LogP contribution < -0.4 is 5.32 Å². The second-order valence-corrected chi connectivity index (χ2v) is 5.77. The quantitative estimate of drug-likeness (QED) is 0.842. The Morgan fingerprint density at radius 1 is 1.28 bits per heavy atom. The van der Waals surface area contributed by atoms with Crippen LogP contribution in [-0.2, 0) is 0 Å². The Morgan fingerprint density at radius 3 is 2.67 bits per heavy atom. The topological polar surface area (TPSA) is 51.0 Å². The molecular formula is C13H16IN3O. The minimum Gasteiger partial charge on any atom is -0.374 e. The number of hydrogen-bond acceptors (Lipinski definition) is 4. The van der Waals surface area contributed by atoms with Crippen molar-refractivity contribution in [2.24, 2.45) is 0 Å². The average Bonchev–Trinajstić information content (AvgIpc) is 2.78. The number of hydrogen-bond donors (Lipinski definition) is 1. The summed E-state index contributed by atoms with van der Waals surface area (Å²) in [7, 11) is 0. The predicted octanol–water partition coefficient (Wildman–Crippen LogP) is 3.97. The molecule has 1 aromatic heterocycles. The van der Waals surface area contributed by atoms with E-state index in [0.717, 1.165) is 11.5 Å². The molecule has 2 aromatic rings. The summed E-state index contributed by atoms with van der Waals surface area (Å²) < 4.78 is 6.46. The highest BCUT2D eigenvalue weighted by Crippen LogP contribution is 2.20. The summed E-state index contributed by atoms with van der Waals surface area (Å²) in [6.07, 6.45) is 0. The highest BCUT2D eigenvalue weighted by atomic mass is 127. The van der Waals surface area contributed by atoms with Crippen LogP contribution in [0.3, 0.4) is 0 Å². The van der Waals surface area contributed by atoms with Crippen LogP contribution in [0.5, 0.6) is 0 Å². The molecule has 1 unspecified atom stereocenters. The van der Waals surface area contributed by atoms with E-state index in [4.69, 9.17) is 4.52 Å². The molecule has 0 aliphatic carbocycles. The van der Waals surface area contributed by atoms with Gasteiger partial charge in [-0.3, -0.25) is 0 Å². The Balaban J connectivity index is 2.09. The summed E-state index contributed by atoms with van der Waals surface area (Å²) in [6.45, 7) is 6.11. The molecule has 1 N–H and O–H groups in total. The van der Waals surface area contributed by atoms with E-state index in [1.165, 1.54) is 3.57 Å². The maximum Gasteiger partial charge on any atom is 0.248 e. The fourth-order valence-corrected chi connectivity index (χ4v) is 2.09. The van der Waals surface area contributed by atoms with Crippen molar-refractivity contribution in [2.75, 3.05) is 5.32 Å². The monoisotopic (exact) mass is 357 g/mol. The van der Waals surface area contributed by atoms with Crippen LogP contribution in [0.25, 0.3) is 0 Å². The summed E-state index contributed by atoms with van der Waals surface area (Å²) in [5, 5.41) is 7.32. The third kappa shape index (κ3) is 3.22. The van der Waals surface area contributed by atoms with E-state index in [2.05, 4.69) is 50.2 Å². The van der Waals surface area contributed by atoms with E-state index in [1.54, 1.807) is 0 Å². The summed E-state index contributed by atoms with van der Waals surface area (Å²) in [5.41, 5.74) is 1.05. The first kappa shape index (κ1) is 13.3. The Labute approximate surface area is 120 Å². The Kier molecular flexibility index (Phi) is 4.21. The molecule has 18 heavy (non-hydrogen) atoms. The number of halogens is 1.